The maximum Gasteiger partial charge on any atom is 0.247 e. The zero-order valence-electron chi connectivity index (χ0n) is 15.3. The van der Waals surface area contributed by atoms with E-state index in [2.05, 4.69) is 11.1 Å². The van der Waals surface area contributed by atoms with Gasteiger partial charge in [0.15, 0.2) is 0 Å². The molecular weight excluding hydrogens is 338 g/mol. The number of rotatable bonds is 3. The molecule has 2 aromatic carbocycles. The van der Waals surface area contributed by atoms with Crippen molar-refractivity contribution in [2.24, 2.45) is 0 Å². The number of carbonyl (C=O) groups excluding carboxylic acids is 2. The van der Waals surface area contributed by atoms with Gasteiger partial charge in [0.2, 0.25) is 11.8 Å². The van der Waals surface area contributed by atoms with Gasteiger partial charge >= 0.3 is 0 Å². The maximum absolute atomic E-state index is 13.1. The first-order valence-electron chi connectivity index (χ1n) is 9.15. The number of pyridine rings is 1. The van der Waals surface area contributed by atoms with Crippen molar-refractivity contribution in [1.82, 2.24) is 4.98 Å². The molecule has 0 N–H and O–H groups in total. The molecule has 0 aliphatic carbocycles. The summed E-state index contributed by atoms with van der Waals surface area (Å²) in [4.78, 5) is 33.2. The van der Waals surface area contributed by atoms with E-state index in [1.807, 2.05) is 48.5 Å². The minimum atomic E-state index is -0.174. The number of nitrogens with zero attached hydrogens (tertiary/aromatic N) is 3. The first-order chi connectivity index (χ1) is 13.1. The van der Waals surface area contributed by atoms with Crippen LogP contribution in [0, 0.1) is 0 Å². The molecule has 0 atom stereocenters. The van der Waals surface area contributed by atoms with Gasteiger partial charge in [0.25, 0.3) is 0 Å². The lowest BCUT2D eigenvalue weighted by Gasteiger charge is -2.31. The predicted molar refractivity (Wildman–Crippen MR) is 107 cm³/mol. The molecular formula is C22H21N3O2. The van der Waals surface area contributed by atoms with E-state index in [-0.39, 0.29) is 18.4 Å². The Kier molecular flexibility index (Phi) is 4.59. The largest absolute Gasteiger partial charge is 0.311 e. The van der Waals surface area contributed by atoms with E-state index in [9.17, 15) is 9.59 Å². The van der Waals surface area contributed by atoms with Crippen molar-refractivity contribution in [2.75, 3.05) is 22.9 Å². The molecule has 0 saturated heterocycles. The van der Waals surface area contributed by atoms with Gasteiger partial charge in [-0.05, 0) is 36.6 Å². The molecule has 2 amide bonds. The van der Waals surface area contributed by atoms with Gasteiger partial charge in [0.1, 0.15) is 6.54 Å². The molecule has 0 fully saturated rings. The Labute approximate surface area is 158 Å². The third-order valence-corrected chi connectivity index (χ3v) is 4.99. The molecule has 0 bridgehead atoms. The Bertz CT molecular complexity index is 1010. The van der Waals surface area contributed by atoms with Crippen molar-refractivity contribution < 1.29 is 9.59 Å². The lowest BCUT2D eigenvalue weighted by molar-refractivity contribution is -0.121. The molecule has 0 radical (unpaired) electrons. The number of hydrogen-bond donors (Lipinski definition) is 0. The van der Waals surface area contributed by atoms with Crippen LogP contribution in [0.15, 0.2) is 60.8 Å². The summed E-state index contributed by atoms with van der Waals surface area (Å²) in [6, 6.07) is 17.5. The molecule has 0 spiro atoms. The summed E-state index contributed by atoms with van der Waals surface area (Å²) in [7, 11) is 0. The first-order valence-corrected chi connectivity index (χ1v) is 9.15. The third-order valence-electron chi connectivity index (χ3n) is 4.99. The Morgan fingerprint density at radius 3 is 2.74 bits per heavy atom. The van der Waals surface area contributed by atoms with Crippen LogP contribution in [0.1, 0.15) is 18.9 Å². The van der Waals surface area contributed by atoms with Gasteiger partial charge in [-0.3, -0.25) is 14.6 Å². The summed E-state index contributed by atoms with van der Waals surface area (Å²) in [5.41, 5.74) is 3.52. The zero-order chi connectivity index (χ0) is 18.8. The van der Waals surface area contributed by atoms with Crippen molar-refractivity contribution in [2.45, 2.75) is 19.8 Å². The fourth-order valence-electron chi connectivity index (χ4n) is 3.69. The molecule has 0 unspecified atom stereocenters. The number of fused-ring (bicyclic) bond motifs is 2. The summed E-state index contributed by atoms with van der Waals surface area (Å²) in [6.07, 6.45) is 3.61. The van der Waals surface area contributed by atoms with Crippen LogP contribution in [0.4, 0.5) is 11.4 Å². The standard InChI is InChI=1S/C22H21N3O2/c1-16(26)25(20-12-4-8-18-9-5-13-23-22(18)20)15-21(27)24-14-6-10-17-7-2-3-11-19(17)24/h2-5,7-9,11-13H,6,10,14-15H2,1H3. The molecule has 136 valence electrons. The minimum absolute atomic E-state index is 0.000640. The van der Waals surface area contributed by atoms with E-state index in [1.54, 1.807) is 11.1 Å². The van der Waals surface area contributed by atoms with Gasteiger partial charge in [-0.1, -0.05) is 36.4 Å². The van der Waals surface area contributed by atoms with Crippen molar-refractivity contribution in [3.8, 4) is 0 Å². The van der Waals surface area contributed by atoms with E-state index in [1.165, 1.54) is 17.4 Å². The molecule has 1 aliphatic rings. The topological polar surface area (TPSA) is 53.5 Å². The Morgan fingerprint density at radius 1 is 1.07 bits per heavy atom. The molecule has 5 heteroatoms. The number of amides is 2. The SMILES string of the molecule is CC(=O)N(CC(=O)N1CCCc2ccccc21)c1cccc2cccnc12. The second kappa shape index (κ2) is 7.19. The highest BCUT2D eigenvalue weighted by Gasteiger charge is 2.26. The molecule has 5 nitrogen and oxygen atoms in total. The summed E-state index contributed by atoms with van der Waals surface area (Å²) in [5, 5.41) is 0.942. The number of para-hydroxylation sites is 2. The van der Waals surface area contributed by atoms with Gasteiger partial charge in [-0.15, -0.1) is 0 Å². The molecule has 2 heterocycles. The van der Waals surface area contributed by atoms with E-state index in [4.69, 9.17) is 0 Å². The highest BCUT2D eigenvalue weighted by atomic mass is 16.2. The van der Waals surface area contributed by atoms with E-state index >= 15 is 0 Å². The second-order valence-electron chi connectivity index (χ2n) is 6.74. The smallest absolute Gasteiger partial charge is 0.247 e. The van der Waals surface area contributed by atoms with Gasteiger partial charge in [0.05, 0.1) is 11.2 Å². The maximum atomic E-state index is 13.1. The quantitative estimate of drug-likeness (QED) is 0.718. The van der Waals surface area contributed by atoms with Crippen LogP contribution < -0.4 is 9.80 Å². The zero-order valence-corrected chi connectivity index (χ0v) is 15.3. The van der Waals surface area contributed by atoms with Crippen LogP contribution in [0.2, 0.25) is 0 Å². The number of aryl methyl sites for hydroxylation is 1. The van der Waals surface area contributed by atoms with E-state index < -0.39 is 0 Å². The van der Waals surface area contributed by atoms with Gasteiger partial charge in [0, 0.05) is 30.7 Å². The molecule has 4 rings (SSSR count). The van der Waals surface area contributed by atoms with Crippen LogP contribution in [0.5, 0.6) is 0 Å². The minimum Gasteiger partial charge on any atom is -0.311 e. The van der Waals surface area contributed by atoms with Crippen LogP contribution in [-0.4, -0.2) is 29.9 Å². The number of benzene rings is 2. The first kappa shape index (κ1) is 17.2. The Balaban J connectivity index is 1.67. The average Bonchev–Trinajstić information content (AvgIpc) is 2.71. The number of aromatic nitrogens is 1. The predicted octanol–water partition coefficient (Wildman–Crippen LogP) is 3.57. The van der Waals surface area contributed by atoms with Crippen molar-refractivity contribution in [3.63, 3.8) is 0 Å². The van der Waals surface area contributed by atoms with Crippen LogP contribution in [-0.2, 0) is 16.0 Å². The second-order valence-corrected chi connectivity index (χ2v) is 6.74. The van der Waals surface area contributed by atoms with E-state index in [0.29, 0.717) is 12.2 Å². The van der Waals surface area contributed by atoms with Crippen LogP contribution in [0.25, 0.3) is 10.9 Å². The normalized spacial score (nSPS) is 13.3. The molecule has 1 aliphatic heterocycles. The monoisotopic (exact) mass is 359 g/mol. The number of anilines is 2. The number of carbonyl (C=O) groups is 2. The fourth-order valence-corrected chi connectivity index (χ4v) is 3.69. The van der Waals surface area contributed by atoms with Gasteiger partial charge in [-0.25, -0.2) is 0 Å². The summed E-state index contributed by atoms with van der Waals surface area (Å²) >= 11 is 0. The molecule has 27 heavy (non-hydrogen) atoms. The van der Waals surface area contributed by atoms with Gasteiger partial charge in [-0.2, -0.15) is 0 Å². The molecule has 0 saturated carbocycles. The highest BCUT2D eigenvalue weighted by Crippen LogP contribution is 2.28. The van der Waals surface area contributed by atoms with Crippen LogP contribution in [0.3, 0.4) is 0 Å². The highest BCUT2D eigenvalue weighted by molar-refractivity contribution is 6.07. The number of hydrogen-bond acceptors (Lipinski definition) is 3. The average molecular weight is 359 g/mol. The fraction of sp³-hybridized carbons (Fsp3) is 0.227. The van der Waals surface area contributed by atoms with Crippen molar-refractivity contribution in [3.05, 3.63) is 66.4 Å². The lowest BCUT2D eigenvalue weighted by atomic mass is 10.0. The lowest BCUT2D eigenvalue weighted by Crippen LogP contribution is -2.44. The summed E-state index contributed by atoms with van der Waals surface area (Å²) in [6.45, 7) is 2.16. The van der Waals surface area contributed by atoms with Crippen LogP contribution >= 0.6 is 0 Å². The molecule has 3 aromatic rings. The van der Waals surface area contributed by atoms with Gasteiger partial charge < -0.3 is 9.80 Å². The summed E-state index contributed by atoms with van der Waals surface area (Å²) in [5.74, 6) is -0.253. The molecule has 1 aromatic heterocycles. The van der Waals surface area contributed by atoms with Crippen molar-refractivity contribution >= 4 is 34.1 Å². The summed E-state index contributed by atoms with van der Waals surface area (Å²) < 4.78 is 0. The Morgan fingerprint density at radius 2 is 1.89 bits per heavy atom. The van der Waals surface area contributed by atoms with E-state index in [0.717, 1.165) is 29.4 Å². The third kappa shape index (κ3) is 3.28. The van der Waals surface area contributed by atoms with Crippen molar-refractivity contribution in [1.29, 1.82) is 0 Å². The Hall–Kier alpha value is -3.21.